The molecule has 1 atom stereocenters. The second kappa shape index (κ2) is 5.85. The molecule has 4 nitrogen and oxygen atoms in total. The van der Waals surface area contributed by atoms with E-state index in [1.807, 2.05) is 6.33 Å². The Hall–Kier alpha value is -0.870. The van der Waals surface area contributed by atoms with E-state index in [4.69, 9.17) is 0 Å². The van der Waals surface area contributed by atoms with Crippen LogP contribution in [0.1, 0.15) is 45.0 Å². The van der Waals surface area contributed by atoms with Crippen molar-refractivity contribution in [3.8, 4) is 0 Å². The number of H-pyrrole nitrogens is 1. The first-order chi connectivity index (χ1) is 8.69. The molecule has 0 amide bonds. The fourth-order valence-corrected chi connectivity index (χ4v) is 2.94. The molecule has 0 saturated carbocycles. The first-order valence-corrected chi connectivity index (χ1v) is 7.19. The molecule has 0 aromatic carbocycles. The van der Waals surface area contributed by atoms with Crippen molar-refractivity contribution in [2.45, 2.75) is 45.6 Å². The maximum Gasteiger partial charge on any atom is 0.0926 e. The fourth-order valence-electron chi connectivity index (χ4n) is 2.94. The lowest BCUT2D eigenvalue weighted by Gasteiger charge is -2.34. The fraction of sp³-hybridized carbons (Fsp3) is 0.786. The van der Waals surface area contributed by atoms with Gasteiger partial charge in [-0.05, 0) is 39.4 Å². The first kappa shape index (κ1) is 13.6. The van der Waals surface area contributed by atoms with Gasteiger partial charge in [0.1, 0.15) is 0 Å². The quantitative estimate of drug-likeness (QED) is 0.810. The Morgan fingerprint density at radius 2 is 2.17 bits per heavy atom. The summed E-state index contributed by atoms with van der Waals surface area (Å²) in [5.74, 6) is 0. The van der Waals surface area contributed by atoms with Crippen LogP contribution in [0.3, 0.4) is 0 Å². The summed E-state index contributed by atoms with van der Waals surface area (Å²) < 4.78 is 0. The van der Waals surface area contributed by atoms with E-state index in [1.165, 1.54) is 24.4 Å². The van der Waals surface area contributed by atoms with Crippen LogP contribution in [0.4, 0.5) is 0 Å². The number of fused-ring (bicyclic) bond motifs is 1. The second-order valence-corrected chi connectivity index (χ2v) is 5.37. The van der Waals surface area contributed by atoms with E-state index < -0.39 is 0 Å². The van der Waals surface area contributed by atoms with Crippen molar-refractivity contribution in [2.75, 3.05) is 26.2 Å². The maximum absolute atomic E-state index is 4.52. The van der Waals surface area contributed by atoms with Crippen LogP contribution in [-0.2, 0) is 12.0 Å². The van der Waals surface area contributed by atoms with E-state index in [0.717, 1.165) is 32.5 Å². The minimum absolute atomic E-state index is 0.0563. The summed E-state index contributed by atoms with van der Waals surface area (Å²) in [7, 11) is 0. The van der Waals surface area contributed by atoms with Crippen molar-refractivity contribution in [2.24, 2.45) is 0 Å². The molecule has 1 aliphatic heterocycles. The van der Waals surface area contributed by atoms with Crippen molar-refractivity contribution in [3.05, 3.63) is 17.7 Å². The van der Waals surface area contributed by atoms with Crippen LogP contribution < -0.4 is 5.32 Å². The summed E-state index contributed by atoms with van der Waals surface area (Å²) in [6.45, 7) is 11.3. The number of rotatable bonds is 6. The average molecular weight is 250 g/mol. The summed E-state index contributed by atoms with van der Waals surface area (Å²) in [5, 5.41) is 3.65. The molecule has 102 valence electrons. The van der Waals surface area contributed by atoms with Crippen molar-refractivity contribution in [1.29, 1.82) is 0 Å². The SMILES string of the molecule is CCN(CC)CCCC1(C)NCCc2[nH]cnc21. The lowest BCUT2D eigenvalue weighted by atomic mass is 9.87. The highest BCUT2D eigenvalue weighted by Gasteiger charge is 2.33. The smallest absolute Gasteiger partial charge is 0.0926 e. The molecule has 2 N–H and O–H groups in total. The minimum atomic E-state index is 0.0563. The summed E-state index contributed by atoms with van der Waals surface area (Å²) in [6.07, 6.45) is 5.28. The molecule has 0 fully saturated rings. The first-order valence-electron chi connectivity index (χ1n) is 7.19. The Labute approximate surface area is 110 Å². The Morgan fingerprint density at radius 3 is 2.89 bits per heavy atom. The minimum Gasteiger partial charge on any atom is -0.348 e. The van der Waals surface area contributed by atoms with Crippen LogP contribution in [0.2, 0.25) is 0 Å². The van der Waals surface area contributed by atoms with Gasteiger partial charge >= 0.3 is 0 Å². The Bertz CT molecular complexity index is 370. The van der Waals surface area contributed by atoms with E-state index in [-0.39, 0.29) is 5.54 Å². The summed E-state index contributed by atoms with van der Waals surface area (Å²) in [4.78, 5) is 10.3. The lowest BCUT2D eigenvalue weighted by Crippen LogP contribution is -2.45. The molecule has 2 rings (SSSR count). The number of hydrogen-bond donors (Lipinski definition) is 2. The molecule has 0 bridgehead atoms. The lowest BCUT2D eigenvalue weighted by molar-refractivity contribution is 0.254. The number of nitrogens with one attached hydrogen (secondary N) is 2. The van der Waals surface area contributed by atoms with Gasteiger partial charge in [-0.15, -0.1) is 0 Å². The molecule has 0 spiro atoms. The molecule has 18 heavy (non-hydrogen) atoms. The van der Waals surface area contributed by atoms with E-state index in [1.54, 1.807) is 0 Å². The molecule has 1 aromatic rings. The normalized spacial score (nSPS) is 23.3. The largest absolute Gasteiger partial charge is 0.348 e. The molecule has 1 aliphatic rings. The molecule has 4 heteroatoms. The van der Waals surface area contributed by atoms with Gasteiger partial charge in [0.15, 0.2) is 0 Å². The number of imidazole rings is 1. The predicted molar refractivity (Wildman–Crippen MR) is 74.7 cm³/mol. The van der Waals surface area contributed by atoms with Gasteiger partial charge in [0.2, 0.25) is 0 Å². The number of aromatic amines is 1. The standard InChI is InChI=1S/C14H26N4/c1-4-18(5-2)10-6-8-14(3)13-12(7-9-17-14)15-11-16-13/h11,17H,4-10H2,1-3H3,(H,15,16). The van der Waals surface area contributed by atoms with Crippen LogP contribution in [0, 0.1) is 0 Å². The Balaban J connectivity index is 1.93. The molecule has 0 saturated heterocycles. The summed E-state index contributed by atoms with van der Waals surface area (Å²) in [6, 6.07) is 0. The molecule has 1 unspecified atom stereocenters. The number of nitrogens with zero attached hydrogens (tertiary/aromatic N) is 2. The summed E-state index contributed by atoms with van der Waals surface area (Å²) >= 11 is 0. The molecular weight excluding hydrogens is 224 g/mol. The van der Waals surface area contributed by atoms with Gasteiger partial charge in [0.25, 0.3) is 0 Å². The highest BCUT2D eigenvalue weighted by atomic mass is 15.1. The Morgan fingerprint density at radius 1 is 1.39 bits per heavy atom. The zero-order valence-corrected chi connectivity index (χ0v) is 11.9. The van der Waals surface area contributed by atoms with Crippen molar-refractivity contribution in [1.82, 2.24) is 20.2 Å². The van der Waals surface area contributed by atoms with Gasteiger partial charge in [-0.3, -0.25) is 0 Å². The Kier molecular flexibility index (Phi) is 4.40. The van der Waals surface area contributed by atoms with Crippen LogP contribution >= 0.6 is 0 Å². The predicted octanol–water partition coefficient (Wildman–Crippen LogP) is 1.89. The maximum atomic E-state index is 4.52. The zero-order chi connectivity index (χ0) is 13.0. The van der Waals surface area contributed by atoms with Crippen LogP contribution in [0.25, 0.3) is 0 Å². The van der Waals surface area contributed by atoms with Crippen molar-refractivity contribution in [3.63, 3.8) is 0 Å². The van der Waals surface area contributed by atoms with E-state index >= 15 is 0 Å². The van der Waals surface area contributed by atoms with Gasteiger partial charge in [0.05, 0.1) is 17.6 Å². The monoisotopic (exact) mass is 250 g/mol. The third kappa shape index (κ3) is 2.75. The second-order valence-electron chi connectivity index (χ2n) is 5.37. The van der Waals surface area contributed by atoms with Crippen LogP contribution in [-0.4, -0.2) is 41.0 Å². The molecule has 1 aromatic heterocycles. The van der Waals surface area contributed by atoms with Crippen LogP contribution in [0.5, 0.6) is 0 Å². The molecule has 2 heterocycles. The third-order valence-electron chi connectivity index (χ3n) is 4.18. The molecule has 0 radical (unpaired) electrons. The van der Waals surface area contributed by atoms with Gasteiger partial charge in [-0.2, -0.15) is 0 Å². The summed E-state index contributed by atoms with van der Waals surface area (Å²) in [5.41, 5.74) is 2.60. The average Bonchev–Trinajstić information content (AvgIpc) is 2.85. The highest BCUT2D eigenvalue weighted by molar-refractivity contribution is 5.24. The van der Waals surface area contributed by atoms with E-state index in [2.05, 4.69) is 41.0 Å². The van der Waals surface area contributed by atoms with E-state index in [0.29, 0.717) is 0 Å². The van der Waals surface area contributed by atoms with Crippen LogP contribution in [0.15, 0.2) is 6.33 Å². The van der Waals surface area contributed by atoms with Gasteiger partial charge in [-0.1, -0.05) is 13.8 Å². The van der Waals surface area contributed by atoms with Crippen molar-refractivity contribution < 1.29 is 0 Å². The number of hydrogen-bond acceptors (Lipinski definition) is 3. The molecular formula is C14H26N4. The highest BCUT2D eigenvalue weighted by Crippen LogP contribution is 2.29. The topological polar surface area (TPSA) is 44.0 Å². The van der Waals surface area contributed by atoms with Crippen molar-refractivity contribution >= 4 is 0 Å². The number of aromatic nitrogens is 2. The van der Waals surface area contributed by atoms with Gasteiger partial charge in [-0.25, -0.2) is 4.98 Å². The van der Waals surface area contributed by atoms with E-state index in [9.17, 15) is 0 Å². The zero-order valence-electron chi connectivity index (χ0n) is 11.9. The third-order valence-corrected chi connectivity index (χ3v) is 4.18. The van der Waals surface area contributed by atoms with Gasteiger partial charge in [0, 0.05) is 18.7 Å². The molecule has 0 aliphatic carbocycles. The van der Waals surface area contributed by atoms with Gasteiger partial charge < -0.3 is 15.2 Å².